The number of hydrogen-bond acceptors (Lipinski definition) is 4. The molecule has 2 aliphatic rings. The summed E-state index contributed by atoms with van der Waals surface area (Å²) in [7, 11) is 0. The Balaban J connectivity index is 1.72. The molecule has 116 valence electrons. The number of nitrogens with zero attached hydrogens (tertiary/aromatic N) is 2. The molecule has 1 aromatic carbocycles. The Morgan fingerprint density at radius 3 is 2.82 bits per heavy atom. The Kier molecular flexibility index (Phi) is 4.06. The predicted octanol–water partition coefficient (Wildman–Crippen LogP) is 1.06. The van der Waals surface area contributed by atoms with Crippen LogP contribution < -0.4 is 4.90 Å². The highest BCUT2D eigenvalue weighted by Crippen LogP contribution is 2.34. The minimum absolute atomic E-state index is 0.0251. The summed E-state index contributed by atoms with van der Waals surface area (Å²) in [5.74, 6) is -1.33. The zero-order valence-electron chi connectivity index (χ0n) is 11.9. The van der Waals surface area contributed by atoms with E-state index < -0.39 is 11.9 Å². The summed E-state index contributed by atoms with van der Waals surface area (Å²) in [6.07, 6.45) is 0.474. The normalized spacial score (nSPS) is 20.9. The van der Waals surface area contributed by atoms with E-state index in [9.17, 15) is 14.4 Å². The number of likely N-dealkylation sites (tertiary alicyclic amines) is 1. The fourth-order valence-corrected chi connectivity index (χ4v) is 3.69. The number of carbonyl (C=O) groups excluding carboxylic acids is 2. The number of carboxylic acid groups (broad SMARTS) is 1. The first-order valence-electron chi connectivity index (χ1n) is 7.09. The molecule has 2 heterocycles. The molecule has 22 heavy (non-hydrogen) atoms. The van der Waals surface area contributed by atoms with Crippen LogP contribution in [-0.4, -0.2) is 53.2 Å². The molecule has 6 nitrogen and oxygen atoms in total. The van der Waals surface area contributed by atoms with Crippen LogP contribution in [0.15, 0.2) is 29.2 Å². The van der Waals surface area contributed by atoms with E-state index in [4.69, 9.17) is 5.11 Å². The number of anilines is 1. The molecule has 0 radical (unpaired) electrons. The Morgan fingerprint density at radius 1 is 1.32 bits per heavy atom. The van der Waals surface area contributed by atoms with Crippen LogP contribution in [0.25, 0.3) is 0 Å². The molecule has 1 fully saturated rings. The maximum Gasteiger partial charge on any atom is 0.308 e. The number of fused-ring (bicyclic) bond motifs is 1. The Hall–Kier alpha value is -2.02. The molecule has 2 amide bonds. The van der Waals surface area contributed by atoms with Crippen LogP contribution in [0, 0.1) is 5.92 Å². The average molecular weight is 320 g/mol. The summed E-state index contributed by atoms with van der Waals surface area (Å²) in [5, 5.41) is 9.00. The lowest BCUT2D eigenvalue weighted by Crippen LogP contribution is -2.44. The minimum Gasteiger partial charge on any atom is -0.481 e. The van der Waals surface area contributed by atoms with Gasteiger partial charge in [0, 0.05) is 18.0 Å². The van der Waals surface area contributed by atoms with E-state index in [0.29, 0.717) is 18.7 Å². The Labute approximate surface area is 132 Å². The molecule has 1 unspecified atom stereocenters. The zero-order chi connectivity index (χ0) is 15.7. The van der Waals surface area contributed by atoms with E-state index >= 15 is 0 Å². The second kappa shape index (κ2) is 6.00. The third-order valence-electron chi connectivity index (χ3n) is 3.99. The number of aliphatic carboxylic acids is 1. The van der Waals surface area contributed by atoms with Gasteiger partial charge in [-0.2, -0.15) is 0 Å². The topological polar surface area (TPSA) is 77.9 Å². The van der Waals surface area contributed by atoms with Gasteiger partial charge >= 0.3 is 5.97 Å². The summed E-state index contributed by atoms with van der Waals surface area (Å²) >= 11 is 1.47. The molecule has 0 saturated carbocycles. The predicted molar refractivity (Wildman–Crippen MR) is 81.8 cm³/mol. The molecule has 1 aromatic rings. The zero-order valence-corrected chi connectivity index (χ0v) is 12.7. The molecule has 0 spiro atoms. The fraction of sp³-hybridized carbons (Fsp3) is 0.400. The molecule has 0 aromatic heterocycles. The number of carbonyl (C=O) groups is 3. The van der Waals surface area contributed by atoms with Gasteiger partial charge in [-0.3, -0.25) is 14.4 Å². The smallest absolute Gasteiger partial charge is 0.308 e. The van der Waals surface area contributed by atoms with E-state index in [1.807, 2.05) is 24.3 Å². The second-order valence-electron chi connectivity index (χ2n) is 5.40. The lowest BCUT2D eigenvalue weighted by atomic mass is 10.1. The molecule has 3 rings (SSSR count). The van der Waals surface area contributed by atoms with Crippen LogP contribution in [0.4, 0.5) is 5.69 Å². The van der Waals surface area contributed by atoms with Crippen LogP contribution in [-0.2, 0) is 14.4 Å². The van der Waals surface area contributed by atoms with Gasteiger partial charge in [0.2, 0.25) is 11.8 Å². The highest BCUT2D eigenvalue weighted by Gasteiger charge is 2.33. The van der Waals surface area contributed by atoms with Crippen molar-refractivity contribution < 1.29 is 19.5 Å². The highest BCUT2D eigenvalue weighted by atomic mass is 32.2. The van der Waals surface area contributed by atoms with Gasteiger partial charge in [0.05, 0.1) is 17.4 Å². The molecule has 0 aliphatic carbocycles. The fourth-order valence-electron chi connectivity index (χ4n) is 2.75. The van der Waals surface area contributed by atoms with Crippen LogP contribution in [0.5, 0.6) is 0 Å². The van der Waals surface area contributed by atoms with Crippen LogP contribution in [0.3, 0.4) is 0 Å². The van der Waals surface area contributed by atoms with Gasteiger partial charge in [0.1, 0.15) is 6.54 Å². The second-order valence-corrected chi connectivity index (χ2v) is 6.42. The quantitative estimate of drug-likeness (QED) is 0.901. The van der Waals surface area contributed by atoms with Crippen LogP contribution in [0.2, 0.25) is 0 Å². The Bertz CT molecular complexity index is 634. The molecular formula is C15H16N2O4S. The summed E-state index contributed by atoms with van der Waals surface area (Å²) < 4.78 is 0. The first kappa shape index (κ1) is 14.9. The van der Waals surface area contributed by atoms with E-state index in [-0.39, 0.29) is 24.9 Å². The molecule has 1 saturated heterocycles. The first-order valence-corrected chi connectivity index (χ1v) is 8.07. The van der Waals surface area contributed by atoms with Gasteiger partial charge in [-0.15, -0.1) is 11.8 Å². The summed E-state index contributed by atoms with van der Waals surface area (Å²) in [6, 6.07) is 7.50. The van der Waals surface area contributed by atoms with E-state index in [1.54, 1.807) is 0 Å². The highest BCUT2D eigenvalue weighted by molar-refractivity contribution is 8.00. The van der Waals surface area contributed by atoms with E-state index in [0.717, 1.165) is 10.6 Å². The summed E-state index contributed by atoms with van der Waals surface area (Å²) in [6.45, 7) is 0.642. The van der Waals surface area contributed by atoms with Crippen LogP contribution in [0.1, 0.15) is 6.42 Å². The van der Waals surface area contributed by atoms with Crippen molar-refractivity contribution >= 4 is 35.2 Å². The van der Waals surface area contributed by atoms with Crippen molar-refractivity contribution in [2.45, 2.75) is 11.3 Å². The van der Waals surface area contributed by atoms with Gasteiger partial charge < -0.3 is 14.9 Å². The average Bonchev–Trinajstić information content (AvgIpc) is 3.00. The molecular weight excluding hydrogens is 304 g/mol. The SMILES string of the molecule is O=C(O)C1CCN(C(=O)CN2C(=O)CSc3ccccc32)C1. The minimum atomic E-state index is -0.869. The van der Waals surface area contributed by atoms with E-state index in [1.165, 1.54) is 21.6 Å². The van der Waals surface area contributed by atoms with Crippen molar-refractivity contribution in [2.75, 3.05) is 30.3 Å². The lowest BCUT2D eigenvalue weighted by Gasteiger charge is -2.29. The van der Waals surface area contributed by atoms with Gasteiger partial charge in [-0.05, 0) is 18.6 Å². The lowest BCUT2D eigenvalue weighted by molar-refractivity contribution is -0.141. The monoisotopic (exact) mass is 320 g/mol. The summed E-state index contributed by atoms with van der Waals surface area (Å²) in [5.41, 5.74) is 0.756. The number of benzene rings is 1. The maximum absolute atomic E-state index is 12.4. The third-order valence-corrected chi connectivity index (χ3v) is 5.04. The van der Waals surface area contributed by atoms with E-state index in [2.05, 4.69) is 0 Å². The molecule has 1 N–H and O–H groups in total. The largest absolute Gasteiger partial charge is 0.481 e. The van der Waals surface area contributed by atoms with Gasteiger partial charge in [0.25, 0.3) is 0 Å². The number of hydrogen-bond donors (Lipinski definition) is 1. The molecule has 0 bridgehead atoms. The number of amides is 2. The van der Waals surface area contributed by atoms with Gasteiger partial charge in [-0.1, -0.05) is 12.1 Å². The standard InChI is InChI=1S/C15H16N2O4S/c18-13(16-6-5-10(7-16)15(20)21)8-17-11-3-1-2-4-12(11)22-9-14(17)19/h1-4,10H,5-9H2,(H,20,21). The summed E-state index contributed by atoms with van der Waals surface area (Å²) in [4.78, 5) is 39.5. The Morgan fingerprint density at radius 2 is 2.09 bits per heavy atom. The molecule has 1 atom stereocenters. The number of carboxylic acids is 1. The third kappa shape index (κ3) is 2.81. The van der Waals surface area contributed by atoms with Gasteiger partial charge in [-0.25, -0.2) is 0 Å². The van der Waals surface area contributed by atoms with Crippen molar-refractivity contribution in [3.05, 3.63) is 24.3 Å². The number of rotatable bonds is 3. The van der Waals surface area contributed by atoms with Crippen molar-refractivity contribution in [1.82, 2.24) is 4.90 Å². The van der Waals surface area contributed by atoms with Crippen molar-refractivity contribution in [3.8, 4) is 0 Å². The molecule has 7 heteroatoms. The number of thioether (sulfide) groups is 1. The van der Waals surface area contributed by atoms with Crippen molar-refractivity contribution in [3.63, 3.8) is 0 Å². The van der Waals surface area contributed by atoms with Crippen molar-refractivity contribution in [2.24, 2.45) is 5.92 Å². The first-order chi connectivity index (χ1) is 10.6. The van der Waals surface area contributed by atoms with Gasteiger partial charge in [0.15, 0.2) is 0 Å². The van der Waals surface area contributed by atoms with Crippen molar-refractivity contribution in [1.29, 1.82) is 0 Å². The number of para-hydroxylation sites is 1. The maximum atomic E-state index is 12.4. The van der Waals surface area contributed by atoms with Crippen LogP contribution >= 0.6 is 11.8 Å². The molecule has 2 aliphatic heterocycles.